The van der Waals surface area contributed by atoms with Crippen molar-refractivity contribution in [1.82, 2.24) is 20.2 Å². The molecule has 0 radical (unpaired) electrons. The minimum absolute atomic E-state index is 0. The Balaban J connectivity index is 0.00000280. The van der Waals surface area contributed by atoms with Gasteiger partial charge in [0.25, 0.3) is 5.56 Å². The van der Waals surface area contributed by atoms with Gasteiger partial charge in [-0.15, -0.1) is 12.4 Å². The van der Waals surface area contributed by atoms with E-state index in [-0.39, 0.29) is 23.9 Å². The number of hydrogen-bond acceptors (Lipinski definition) is 5. The van der Waals surface area contributed by atoms with Crippen LogP contribution in [0.5, 0.6) is 0 Å². The minimum Gasteiger partial charge on any atom is -0.343 e. The molecule has 1 aromatic heterocycles. The van der Waals surface area contributed by atoms with E-state index in [0.29, 0.717) is 34.8 Å². The number of aromatic nitrogens is 2. The summed E-state index contributed by atoms with van der Waals surface area (Å²) in [5, 5.41) is 4.01. The average Bonchev–Trinajstić information content (AvgIpc) is 2.70. The SMILES string of the molecule is CCNCC1CCN(C(=O)CCSCc2nc3ccccc3c(=O)[nH]2)CC1.Cl. The Kier molecular flexibility index (Phi) is 9.28. The van der Waals surface area contributed by atoms with Crippen molar-refractivity contribution in [2.24, 2.45) is 5.92 Å². The van der Waals surface area contributed by atoms with E-state index in [1.807, 2.05) is 23.1 Å². The number of nitrogens with one attached hydrogen (secondary N) is 2. The molecule has 2 heterocycles. The van der Waals surface area contributed by atoms with Gasteiger partial charge in [0.1, 0.15) is 5.82 Å². The van der Waals surface area contributed by atoms with Crippen LogP contribution in [0.15, 0.2) is 29.1 Å². The molecule has 1 saturated heterocycles. The highest BCUT2D eigenvalue weighted by molar-refractivity contribution is 7.98. The number of para-hydroxylation sites is 1. The molecule has 0 spiro atoms. The maximum Gasteiger partial charge on any atom is 0.258 e. The van der Waals surface area contributed by atoms with Crippen molar-refractivity contribution in [3.63, 3.8) is 0 Å². The van der Waals surface area contributed by atoms with Crippen molar-refractivity contribution in [3.05, 3.63) is 40.4 Å². The fraction of sp³-hybridized carbons (Fsp3) is 0.550. The molecule has 0 saturated carbocycles. The van der Waals surface area contributed by atoms with Crippen molar-refractivity contribution < 1.29 is 4.79 Å². The van der Waals surface area contributed by atoms with Crippen LogP contribution in [0.25, 0.3) is 10.9 Å². The zero-order valence-electron chi connectivity index (χ0n) is 16.3. The molecule has 0 atom stereocenters. The molecule has 154 valence electrons. The summed E-state index contributed by atoms with van der Waals surface area (Å²) in [4.78, 5) is 33.8. The summed E-state index contributed by atoms with van der Waals surface area (Å²) in [7, 11) is 0. The average molecular weight is 425 g/mol. The number of hydrogen-bond donors (Lipinski definition) is 2. The number of H-pyrrole nitrogens is 1. The highest BCUT2D eigenvalue weighted by Gasteiger charge is 2.22. The third-order valence-electron chi connectivity index (χ3n) is 5.01. The molecule has 0 unspecified atom stereocenters. The molecule has 2 N–H and O–H groups in total. The number of fused-ring (bicyclic) bond motifs is 1. The lowest BCUT2D eigenvalue weighted by Gasteiger charge is -2.32. The smallest absolute Gasteiger partial charge is 0.258 e. The van der Waals surface area contributed by atoms with Gasteiger partial charge in [0.15, 0.2) is 0 Å². The molecule has 1 aliphatic rings. The fourth-order valence-electron chi connectivity index (χ4n) is 3.42. The second kappa shape index (κ2) is 11.4. The first-order valence-electron chi connectivity index (χ1n) is 9.71. The molecule has 1 aliphatic heterocycles. The molecule has 3 rings (SSSR count). The van der Waals surface area contributed by atoms with Gasteiger partial charge in [-0.05, 0) is 44.0 Å². The maximum absolute atomic E-state index is 12.4. The molecule has 1 amide bonds. The predicted molar refractivity (Wildman–Crippen MR) is 118 cm³/mol. The zero-order chi connectivity index (χ0) is 19.1. The van der Waals surface area contributed by atoms with Crippen LogP contribution in [-0.4, -0.2) is 52.7 Å². The van der Waals surface area contributed by atoms with Crippen LogP contribution in [0.3, 0.4) is 0 Å². The van der Waals surface area contributed by atoms with Crippen molar-refractivity contribution >= 4 is 41.0 Å². The summed E-state index contributed by atoms with van der Waals surface area (Å²) < 4.78 is 0. The van der Waals surface area contributed by atoms with Crippen molar-refractivity contribution in [3.8, 4) is 0 Å². The highest BCUT2D eigenvalue weighted by Crippen LogP contribution is 2.18. The monoisotopic (exact) mass is 424 g/mol. The highest BCUT2D eigenvalue weighted by atomic mass is 35.5. The Morgan fingerprint density at radius 2 is 2.07 bits per heavy atom. The van der Waals surface area contributed by atoms with Crippen LogP contribution in [-0.2, 0) is 10.5 Å². The molecule has 0 bridgehead atoms. The van der Waals surface area contributed by atoms with E-state index < -0.39 is 0 Å². The Morgan fingerprint density at radius 3 is 2.82 bits per heavy atom. The van der Waals surface area contributed by atoms with E-state index in [1.54, 1.807) is 17.8 Å². The lowest BCUT2D eigenvalue weighted by molar-refractivity contribution is -0.132. The lowest BCUT2D eigenvalue weighted by Crippen LogP contribution is -2.40. The van der Waals surface area contributed by atoms with Crippen LogP contribution < -0.4 is 10.9 Å². The first-order valence-corrected chi connectivity index (χ1v) is 10.9. The van der Waals surface area contributed by atoms with Crippen molar-refractivity contribution in [2.45, 2.75) is 31.9 Å². The number of carbonyl (C=O) groups excluding carboxylic acids is 1. The summed E-state index contributed by atoms with van der Waals surface area (Å²) in [6.45, 7) is 5.94. The number of nitrogens with zero attached hydrogens (tertiary/aromatic N) is 2. The van der Waals surface area contributed by atoms with Gasteiger partial charge in [-0.25, -0.2) is 4.98 Å². The van der Waals surface area contributed by atoms with Gasteiger partial charge >= 0.3 is 0 Å². The zero-order valence-corrected chi connectivity index (χ0v) is 17.9. The Labute approximate surface area is 176 Å². The van der Waals surface area contributed by atoms with E-state index in [0.717, 1.165) is 44.8 Å². The van der Waals surface area contributed by atoms with Crippen molar-refractivity contribution in [2.75, 3.05) is 31.9 Å². The first-order chi connectivity index (χ1) is 13.2. The number of halogens is 1. The summed E-state index contributed by atoms with van der Waals surface area (Å²) in [6.07, 6.45) is 2.72. The lowest BCUT2D eigenvalue weighted by atomic mass is 9.96. The normalized spacial score (nSPS) is 14.8. The van der Waals surface area contributed by atoms with E-state index in [2.05, 4.69) is 22.2 Å². The van der Waals surface area contributed by atoms with Crippen LogP contribution in [0.4, 0.5) is 0 Å². The molecular weight excluding hydrogens is 396 g/mol. The summed E-state index contributed by atoms with van der Waals surface area (Å²) in [5.74, 6) is 2.95. The molecule has 8 heteroatoms. The van der Waals surface area contributed by atoms with Gasteiger partial charge in [0.05, 0.1) is 16.7 Å². The summed E-state index contributed by atoms with van der Waals surface area (Å²) in [5.41, 5.74) is 0.612. The quantitative estimate of drug-likeness (QED) is 0.637. The Hall–Kier alpha value is -1.57. The van der Waals surface area contributed by atoms with Gasteiger partial charge in [-0.2, -0.15) is 11.8 Å². The Bertz CT molecular complexity index is 821. The number of carbonyl (C=O) groups is 1. The third kappa shape index (κ3) is 6.22. The molecule has 28 heavy (non-hydrogen) atoms. The van der Waals surface area contributed by atoms with Gasteiger partial charge in [-0.3, -0.25) is 9.59 Å². The van der Waals surface area contributed by atoms with Crippen molar-refractivity contribution in [1.29, 1.82) is 0 Å². The second-order valence-electron chi connectivity index (χ2n) is 6.96. The molecule has 2 aromatic rings. The van der Waals surface area contributed by atoms with Crippen LogP contribution >= 0.6 is 24.2 Å². The van der Waals surface area contributed by atoms with Gasteiger partial charge < -0.3 is 15.2 Å². The largest absolute Gasteiger partial charge is 0.343 e. The van der Waals surface area contributed by atoms with Crippen LogP contribution in [0, 0.1) is 5.92 Å². The molecule has 6 nitrogen and oxygen atoms in total. The van der Waals surface area contributed by atoms with E-state index >= 15 is 0 Å². The van der Waals surface area contributed by atoms with Gasteiger partial charge in [0, 0.05) is 25.3 Å². The fourth-order valence-corrected chi connectivity index (χ4v) is 4.22. The van der Waals surface area contributed by atoms with E-state index in [9.17, 15) is 9.59 Å². The van der Waals surface area contributed by atoms with Gasteiger partial charge in [-0.1, -0.05) is 19.1 Å². The third-order valence-corrected chi connectivity index (χ3v) is 5.98. The number of aromatic amines is 1. The number of benzene rings is 1. The maximum atomic E-state index is 12.4. The van der Waals surface area contributed by atoms with E-state index in [1.165, 1.54) is 0 Å². The first kappa shape index (κ1) is 22.7. The van der Waals surface area contributed by atoms with Gasteiger partial charge in [0.2, 0.25) is 5.91 Å². The number of amides is 1. The Morgan fingerprint density at radius 1 is 1.32 bits per heavy atom. The summed E-state index contributed by atoms with van der Waals surface area (Å²) >= 11 is 1.64. The van der Waals surface area contributed by atoms with Crippen LogP contribution in [0.2, 0.25) is 0 Å². The molecule has 1 fully saturated rings. The number of rotatable bonds is 8. The molecule has 1 aromatic carbocycles. The number of piperidine rings is 1. The standard InChI is InChI=1S/C20H28N4O2S.ClH/c1-2-21-13-15-7-10-24(11-8-15)19(25)9-12-27-14-18-22-17-6-4-3-5-16(17)20(26)23-18;/h3-6,15,21H,2,7-14H2,1H3,(H,22,23,26);1H. The predicted octanol–water partition coefficient (Wildman–Crippen LogP) is 2.82. The number of likely N-dealkylation sites (tertiary alicyclic amines) is 1. The van der Waals surface area contributed by atoms with Crippen LogP contribution in [0.1, 0.15) is 32.0 Å². The summed E-state index contributed by atoms with van der Waals surface area (Å²) in [6, 6.07) is 7.34. The minimum atomic E-state index is -0.104. The molecular formula is C20H29ClN4O2S. The second-order valence-corrected chi connectivity index (χ2v) is 8.07. The topological polar surface area (TPSA) is 78.1 Å². The molecule has 0 aliphatic carbocycles. The van der Waals surface area contributed by atoms with E-state index in [4.69, 9.17) is 0 Å². The number of thioether (sulfide) groups is 1.